The van der Waals surface area contributed by atoms with E-state index in [2.05, 4.69) is 47.9 Å². The summed E-state index contributed by atoms with van der Waals surface area (Å²) in [6, 6.07) is 40.9. The largest absolute Gasteiger partial charge is 0.463 e. The number of thioether (sulfide) groups is 1. The molecule has 11 N–H and O–H groups in total. The molecule has 31 nitrogen and oxygen atoms in total. The Morgan fingerprint density at radius 1 is 0.517 bits per heavy atom. The molecule has 6 aromatic carbocycles. The fourth-order valence-corrected chi connectivity index (χ4v) is 15.3. The SMILES string of the molecule is CC[C@H](C)[C@H](NC(=O)[C@H](CC(=O)N[C@@H]1O[C@H](COC(C)=O)[C@@H](OC(C)=O)[C@H](OC(C)=O)[C@H]1NC(C)=O)NC(=O)[C@H](CCC(=O)OCc1ccccc1)NC(=O)OCC1c2ccccc2-c2ccccc21)C(=O)N[C@H](C(=O)NCC(=O)N[C@@H](CSC(c1ccccc1)(c1ccccc1)c1ccccc1)C(=O)N[C@@H](C)C(N)=O)[C@@H](C)OC(C)(C)C. The highest BCUT2D eigenvalue weighted by atomic mass is 32.2. The quantitative estimate of drug-likeness (QED) is 0.0127. The predicted molar refractivity (Wildman–Crippen MR) is 433 cm³/mol. The van der Waals surface area contributed by atoms with E-state index in [9.17, 15) is 52.7 Å². The Kier molecular flexibility index (Phi) is 33.5. The summed E-state index contributed by atoms with van der Waals surface area (Å²) in [4.78, 5) is 196. The molecule has 6 aromatic rings. The van der Waals surface area contributed by atoms with Crippen LogP contribution in [-0.2, 0) is 107 Å². The van der Waals surface area contributed by atoms with Crippen LogP contribution in [0.15, 0.2) is 170 Å². The van der Waals surface area contributed by atoms with E-state index < -0.39 is 211 Å². The second kappa shape index (κ2) is 43.3. The molecule has 13 atom stereocenters. The monoisotopic (exact) mass is 1640 g/mol. The number of carbonyl (C=O) groups excluding carboxylic acids is 14. The summed E-state index contributed by atoms with van der Waals surface area (Å²) in [7, 11) is 0. The summed E-state index contributed by atoms with van der Waals surface area (Å²) < 4.78 is 39.3. The molecule has 0 aromatic heterocycles. The number of fused-ring (bicyclic) bond motifs is 3. The van der Waals surface area contributed by atoms with Crippen molar-refractivity contribution in [1.82, 2.24) is 47.9 Å². The highest BCUT2D eigenvalue weighted by molar-refractivity contribution is 8.00. The highest BCUT2D eigenvalue weighted by Gasteiger charge is 2.52. The molecule has 1 saturated heterocycles. The number of benzene rings is 6. The van der Waals surface area contributed by atoms with Crippen molar-refractivity contribution >= 4 is 94.9 Å². The maximum Gasteiger partial charge on any atom is 0.407 e. The van der Waals surface area contributed by atoms with Crippen LogP contribution in [0.2, 0.25) is 0 Å². The second-order valence-corrected chi connectivity index (χ2v) is 30.9. The van der Waals surface area contributed by atoms with Crippen molar-refractivity contribution in [3.05, 3.63) is 203 Å². The molecule has 32 heteroatoms. The summed E-state index contributed by atoms with van der Waals surface area (Å²) in [6.45, 7) is 13.4. The Bertz CT molecular complexity index is 4380. The van der Waals surface area contributed by atoms with E-state index >= 15 is 14.4 Å². The van der Waals surface area contributed by atoms with Crippen molar-refractivity contribution in [2.45, 2.75) is 198 Å². The Balaban J connectivity index is 1.10. The minimum atomic E-state index is -2.10. The van der Waals surface area contributed by atoms with Crippen molar-refractivity contribution in [2.24, 2.45) is 11.7 Å². The molecule has 1 heterocycles. The minimum absolute atomic E-state index is 0.127. The van der Waals surface area contributed by atoms with E-state index in [0.29, 0.717) is 5.56 Å². The van der Waals surface area contributed by atoms with Crippen LogP contribution >= 0.6 is 11.8 Å². The molecule has 1 fully saturated rings. The third-order valence-electron chi connectivity index (χ3n) is 19.5. The topological polar surface area (TPSA) is 438 Å². The predicted octanol–water partition coefficient (Wildman–Crippen LogP) is 5.60. The van der Waals surface area contributed by atoms with Crippen molar-refractivity contribution in [3.8, 4) is 11.1 Å². The summed E-state index contributed by atoms with van der Waals surface area (Å²) in [6.07, 6.45) is -11.0. The van der Waals surface area contributed by atoms with Crippen LogP contribution in [0.4, 0.5) is 4.79 Å². The average molecular weight is 1650 g/mol. The summed E-state index contributed by atoms with van der Waals surface area (Å²) in [5, 5.41) is 23.3. The van der Waals surface area contributed by atoms with Crippen LogP contribution in [0.5, 0.6) is 0 Å². The lowest BCUT2D eigenvalue weighted by Gasteiger charge is -2.45. The van der Waals surface area contributed by atoms with Crippen molar-refractivity contribution < 1.29 is 100 Å². The van der Waals surface area contributed by atoms with Gasteiger partial charge in [-0.25, -0.2) is 4.79 Å². The molecule has 10 amide bonds. The smallest absolute Gasteiger partial charge is 0.407 e. The van der Waals surface area contributed by atoms with Crippen LogP contribution < -0.4 is 53.6 Å². The zero-order valence-electron chi connectivity index (χ0n) is 67.7. The number of primary amides is 1. The number of esters is 4. The molecule has 0 spiro atoms. The third kappa shape index (κ3) is 26.0. The van der Waals surface area contributed by atoms with Crippen LogP contribution in [0, 0.1) is 5.92 Å². The van der Waals surface area contributed by atoms with E-state index in [1.54, 1.807) is 65.0 Å². The van der Waals surface area contributed by atoms with Crippen molar-refractivity contribution in [1.29, 1.82) is 0 Å². The Hall–Kier alpha value is -12.0. The van der Waals surface area contributed by atoms with Gasteiger partial charge in [-0.3, -0.25) is 62.3 Å². The molecule has 0 bridgehead atoms. The maximum atomic E-state index is 15.5. The summed E-state index contributed by atoms with van der Waals surface area (Å²) in [5.74, 6) is -13.9. The van der Waals surface area contributed by atoms with Gasteiger partial charge in [0.25, 0.3) is 0 Å². The Morgan fingerprint density at radius 3 is 1.56 bits per heavy atom. The fraction of sp³-hybridized carbons (Fsp3) is 0.419. The molecule has 0 unspecified atom stereocenters. The zero-order chi connectivity index (χ0) is 86.0. The van der Waals surface area contributed by atoms with E-state index in [1.165, 1.54) is 25.6 Å². The van der Waals surface area contributed by atoms with Crippen LogP contribution in [0.1, 0.15) is 141 Å². The van der Waals surface area contributed by atoms with Crippen molar-refractivity contribution in [2.75, 3.05) is 25.5 Å². The van der Waals surface area contributed by atoms with Gasteiger partial charge in [0.2, 0.25) is 53.2 Å². The minimum Gasteiger partial charge on any atom is -0.463 e. The lowest BCUT2D eigenvalue weighted by molar-refractivity contribution is -0.228. The Labute approximate surface area is 688 Å². The second-order valence-electron chi connectivity index (χ2n) is 29.7. The van der Waals surface area contributed by atoms with E-state index in [4.69, 9.17) is 38.9 Å². The van der Waals surface area contributed by atoms with Gasteiger partial charge in [0, 0.05) is 45.8 Å². The molecule has 1 aliphatic heterocycles. The number of hydrogen-bond acceptors (Lipinski definition) is 22. The van der Waals surface area contributed by atoms with E-state index in [0.717, 1.165) is 66.6 Å². The first kappa shape index (κ1) is 91.5. The molecule has 630 valence electrons. The molecule has 2 aliphatic rings. The number of alkyl carbamates (subject to hydrolysis) is 1. The van der Waals surface area contributed by atoms with Crippen LogP contribution in [-0.4, -0.2) is 187 Å². The van der Waals surface area contributed by atoms with E-state index in [1.807, 2.05) is 140 Å². The third-order valence-corrected chi connectivity index (χ3v) is 21.2. The molecular weight excluding hydrogens is 1540 g/mol. The van der Waals surface area contributed by atoms with Crippen LogP contribution in [0.3, 0.4) is 0 Å². The van der Waals surface area contributed by atoms with Gasteiger partial charge in [-0.1, -0.05) is 190 Å². The van der Waals surface area contributed by atoms with Crippen molar-refractivity contribution in [3.63, 3.8) is 0 Å². The summed E-state index contributed by atoms with van der Waals surface area (Å²) >= 11 is 1.32. The zero-order valence-corrected chi connectivity index (χ0v) is 68.5. The first-order valence-corrected chi connectivity index (χ1v) is 39.7. The summed E-state index contributed by atoms with van der Waals surface area (Å²) in [5.41, 5.74) is 11.3. The molecule has 118 heavy (non-hydrogen) atoms. The first-order valence-electron chi connectivity index (χ1n) is 38.7. The number of amides is 10. The van der Waals surface area contributed by atoms with Gasteiger partial charge in [0.1, 0.15) is 68.2 Å². The standard InChI is InChI=1S/C86H104N10O21S/c1-12-49(2)72(82(109)96-73(51(4)117-85(9,10)11)81(108)88-44-70(102)91-67(80(107)89-50(3)77(87)104)48-118-86(57-31-19-14-20-32-57,58-33-21-15-22-34-58)59-35-23-16-24-36-59)95-79(106)66(43-69(101)94-83-74(90-52(5)97)76(115-55(8)100)75(114-54(7)99)68(116-83)47-111-53(6)98)92-78(105)65(41-42-71(103)112-45-56-29-17-13-18-30-56)93-84(110)113-46-64-62-39-27-25-37-60(62)61-38-26-28-40-63(61)64/h13-40,49-51,64-68,72-76,83H,12,41-48H2,1-11H3,(H2,87,104)(H,88,108)(H,89,107)(H,90,97)(H,91,102)(H,92,105)(H,93,110)(H,94,101)(H,95,106)(H,96,109)/t49-,50-,51+,65-,66-,67-,68+,72-,73-,74+,75+,76+,83+/m0/s1. The van der Waals surface area contributed by atoms with Gasteiger partial charge in [0.05, 0.1) is 29.4 Å². The lowest BCUT2D eigenvalue weighted by atomic mass is 9.84. The first-order chi connectivity index (χ1) is 56.2. The fourth-order valence-electron chi connectivity index (χ4n) is 13.8. The van der Waals surface area contributed by atoms with E-state index in [-0.39, 0.29) is 25.4 Å². The van der Waals surface area contributed by atoms with Gasteiger partial charge < -0.3 is 86.7 Å². The lowest BCUT2D eigenvalue weighted by Crippen LogP contribution is -2.69. The molecule has 1 aliphatic carbocycles. The van der Waals surface area contributed by atoms with Gasteiger partial charge in [-0.05, 0) is 91.5 Å². The Morgan fingerprint density at radius 2 is 1.03 bits per heavy atom. The average Bonchev–Trinajstić information content (AvgIpc) is 0.803. The number of carbonyl (C=O) groups is 14. The van der Waals surface area contributed by atoms with Crippen LogP contribution in [0.25, 0.3) is 11.1 Å². The van der Waals surface area contributed by atoms with Gasteiger partial charge >= 0.3 is 30.0 Å². The number of ether oxygens (including phenoxy) is 7. The highest BCUT2D eigenvalue weighted by Crippen LogP contribution is 2.49. The molecule has 0 saturated carbocycles. The number of hydrogen-bond donors (Lipinski definition) is 10. The van der Waals surface area contributed by atoms with Gasteiger partial charge in [-0.2, -0.15) is 0 Å². The molecular formula is C86H104N10O21S. The molecule has 0 radical (unpaired) electrons. The normalized spacial score (nSPS) is 17.6. The number of nitrogens with one attached hydrogen (secondary N) is 9. The van der Waals surface area contributed by atoms with Gasteiger partial charge in [-0.15, -0.1) is 11.8 Å². The number of rotatable bonds is 39. The number of nitrogens with two attached hydrogens (primary N) is 1. The molecule has 8 rings (SSSR count). The maximum absolute atomic E-state index is 15.5. The van der Waals surface area contributed by atoms with Gasteiger partial charge in [0.15, 0.2) is 18.4 Å².